The smallest absolute Gasteiger partial charge is 0.128 e. The number of anilines is 1. The van der Waals surface area contributed by atoms with Gasteiger partial charge in [-0.25, -0.2) is 4.98 Å². The predicted molar refractivity (Wildman–Crippen MR) is 87.6 cm³/mol. The fourth-order valence-corrected chi connectivity index (χ4v) is 2.74. The summed E-state index contributed by atoms with van der Waals surface area (Å²) in [7, 11) is 0. The third kappa shape index (κ3) is 5.29. The zero-order valence-electron chi connectivity index (χ0n) is 13.6. The van der Waals surface area contributed by atoms with Crippen LogP contribution in [0.4, 0.5) is 5.82 Å². The van der Waals surface area contributed by atoms with Crippen LogP contribution in [0.3, 0.4) is 0 Å². The topological polar surface area (TPSA) is 37.4 Å². The van der Waals surface area contributed by atoms with Gasteiger partial charge < -0.3 is 15.0 Å². The molecule has 1 N–H and O–H groups in total. The Morgan fingerprint density at radius 2 is 2.14 bits per heavy atom. The van der Waals surface area contributed by atoms with E-state index in [1.54, 1.807) is 0 Å². The number of hydrogen-bond donors (Lipinski definition) is 1. The number of hydrogen-bond acceptors (Lipinski definition) is 4. The third-order valence-electron chi connectivity index (χ3n) is 3.86. The number of nitrogens with one attached hydrogen (secondary N) is 1. The Morgan fingerprint density at radius 3 is 2.81 bits per heavy atom. The molecular weight excluding hydrogens is 262 g/mol. The second kappa shape index (κ2) is 8.35. The average Bonchev–Trinajstić information content (AvgIpc) is 2.48. The molecule has 2 heterocycles. The molecule has 1 aromatic heterocycles. The van der Waals surface area contributed by atoms with E-state index in [1.165, 1.54) is 5.56 Å². The summed E-state index contributed by atoms with van der Waals surface area (Å²) >= 11 is 0. The van der Waals surface area contributed by atoms with Gasteiger partial charge in [0.2, 0.25) is 0 Å². The molecule has 0 aliphatic carbocycles. The molecule has 0 unspecified atom stereocenters. The summed E-state index contributed by atoms with van der Waals surface area (Å²) in [5.74, 6) is 1.79. The lowest BCUT2D eigenvalue weighted by Crippen LogP contribution is -2.37. The van der Waals surface area contributed by atoms with Crippen molar-refractivity contribution >= 4 is 5.82 Å². The molecule has 1 saturated heterocycles. The van der Waals surface area contributed by atoms with E-state index in [1.807, 2.05) is 6.20 Å². The van der Waals surface area contributed by atoms with Gasteiger partial charge in [0.15, 0.2) is 0 Å². The molecule has 0 aromatic carbocycles. The molecule has 4 nitrogen and oxygen atoms in total. The highest BCUT2D eigenvalue weighted by Gasteiger charge is 2.20. The highest BCUT2D eigenvalue weighted by Crippen LogP contribution is 2.20. The largest absolute Gasteiger partial charge is 0.378 e. The first kappa shape index (κ1) is 16.2. The van der Waals surface area contributed by atoms with Crippen LogP contribution >= 0.6 is 0 Å². The van der Waals surface area contributed by atoms with Crippen molar-refractivity contribution < 1.29 is 4.74 Å². The lowest BCUT2D eigenvalue weighted by Gasteiger charge is -2.32. The molecule has 0 saturated carbocycles. The molecule has 0 radical (unpaired) electrons. The van der Waals surface area contributed by atoms with Gasteiger partial charge in [-0.1, -0.05) is 13.8 Å². The van der Waals surface area contributed by atoms with E-state index in [0.717, 1.165) is 51.4 Å². The second-order valence-corrected chi connectivity index (χ2v) is 6.19. The van der Waals surface area contributed by atoms with Crippen LogP contribution in [-0.4, -0.2) is 37.3 Å². The van der Waals surface area contributed by atoms with Crippen LogP contribution in [0, 0.1) is 5.92 Å². The van der Waals surface area contributed by atoms with Gasteiger partial charge in [0.25, 0.3) is 0 Å². The lowest BCUT2D eigenvalue weighted by atomic mass is 10.1. The first-order chi connectivity index (χ1) is 10.2. The van der Waals surface area contributed by atoms with Crippen LogP contribution in [0.5, 0.6) is 0 Å². The van der Waals surface area contributed by atoms with Gasteiger partial charge in [0.05, 0.1) is 6.10 Å². The minimum Gasteiger partial charge on any atom is -0.378 e. The van der Waals surface area contributed by atoms with E-state index in [4.69, 9.17) is 4.74 Å². The van der Waals surface area contributed by atoms with Crippen molar-refractivity contribution in [3.8, 4) is 0 Å². The SMILES string of the molecule is CCOC1CCN(c2cc(CNCC(C)C)ccn2)CC1. The van der Waals surface area contributed by atoms with Crippen LogP contribution in [-0.2, 0) is 11.3 Å². The van der Waals surface area contributed by atoms with Gasteiger partial charge in [-0.2, -0.15) is 0 Å². The molecule has 21 heavy (non-hydrogen) atoms. The molecule has 0 atom stereocenters. The second-order valence-electron chi connectivity index (χ2n) is 6.19. The quantitative estimate of drug-likeness (QED) is 0.838. The zero-order chi connectivity index (χ0) is 15.1. The summed E-state index contributed by atoms with van der Waals surface area (Å²) in [6.45, 7) is 11.4. The van der Waals surface area contributed by atoms with Gasteiger partial charge in [-0.3, -0.25) is 0 Å². The Morgan fingerprint density at radius 1 is 1.38 bits per heavy atom. The van der Waals surface area contributed by atoms with Crippen LogP contribution < -0.4 is 10.2 Å². The molecular formula is C17H29N3O. The van der Waals surface area contributed by atoms with Crippen LogP contribution in [0.15, 0.2) is 18.3 Å². The number of aromatic nitrogens is 1. The molecule has 118 valence electrons. The van der Waals surface area contributed by atoms with Crippen molar-refractivity contribution in [1.29, 1.82) is 0 Å². The molecule has 0 amide bonds. The molecule has 1 aromatic rings. The van der Waals surface area contributed by atoms with Gasteiger partial charge in [-0.15, -0.1) is 0 Å². The number of piperidine rings is 1. The van der Waals surface area contributed by atoms with E-state index < -0.39 is 0 Å². The van der Waals surface area contributed by atoms with Crippen LogP contribution in [0.25, 0.3) is 0 Å². The molecule has 1 aliphatic rings. The van der Waals surface area contributed by atoms with Gasteiger partial charge in [0.1, 0.15) is 5.82 Å². The Kier molecular flexibility index (Phi) is 6.46. The normalized spacial score (nSPS) is 16.7. The number of nitrogens with zero attached hydrogens (tertiary/aromatic N) is 2. The van der Waals surface area contributed by atoms with Gasteiger partial charge >= 0.3 is 0 Å². The highest BCUT2D eigenvalue weighted by atomic mass is 16.5. The monoisotopic (exact) mass is 291 g/mol. The molecule has 0 spiro atoms. The van der Waals surface area contributed by atoms with E-state index in [2.05, 4.69) is 48.1 Å². The Bertz CT molecular complexity index is 414. The van der Waals surface area contributed by atoms with Crippen LogP contribution in [0.1, 0.15) is 39.2 Å². The maximum atomic E-state index is 5.71. The molecule has 1 fully saturated rings. The Labute approximate surface area is 128 Å². The summed E-state index contributed by atoms with van der Waals surface area (Å²) in [6, 6.07) is 4.32. The van der Waals surface area contributed by atoms with E-state index in [9.17, 15) is 0 Å². The average molecular weight is 291 g/mol. The maximum absolute atomic E-state index is 5.71. The summed E-state index contributed by atoms with van der Waals surface area (Å²) < 4.78 is 5.71. The van der Waals surface area contributed by atoms with Crippen molar-refractivity contribution in [2.75, 3.05) is 31.1 Å². The minimum atomic E-state index is 0.433. The number of pyridine rings is 1. The van der Waals surface area contributed by atoms with Gasteiger partial charge in [-0.05, 0) is 49.9 Å². The molecule has 4 heteroatoms. The first-order valence-electron chi connectivity index (χ1n) is 8.21. The predicted octanol–water partition coefficient (Wildman–Crippen LogP) is 2.83. The van der Waals surface area contributed by atoms with Crippen LogP contribution in [0.2, 0.25) is 0 Å². The van der Waals surface area contributed by atoms with Crippen molar-refractivity contribution in [3.05, 3.63) is 23.9 Å². The lowest BCUT2D eigenvalue weighted by molar-refractivity contribution is 0.0458. The Hall–Kier alpha value is -1.13. The fraction of sp³-hybridized carbons (Fsp3) is 0.706. The summed E-state index contributed by atoms with van der Waals surface area (Å²) in [6.07, 6.45) is 4.56. The van der Waals surface area contributed by atoms with Crippen molar-refractivity contribution in [2.24, 2.45) is 5.92 Å². The number of ether oxygens (including phenoxy) is 1. The summed E-state index contributed by atoms with van der Waals surface area (Å²) in [4.78, 5) is 6.91. The van der Waals surface area contributed by atoms with E-state index in [0.29, 0.717) is 12.0 Å². The molecule has 2 rings (SSSR count). The molecule has 1 aliphatic heterocycles. The summed E-state index contributed by atoms with van der Waals surface area (Å²) in [5.41, 5.74) is 1.31. The third-order valence-corrected chi connectivity index (χ3v) is 3.86. The number of rotatable bonds is 7. The van der Waals surface area contributed by atoms with E-state index >= 15 is 0 Å². The molecule has 0 bridgehead atoms. The van der Waals surface area contributed by atoms with Crippen molar-refractivity contribution in [2.45, 2.75) is 46.3 Å². The maximum Gasteiger partial charge on any atom is 0.128 e. The standard InChI is InChI=1S/C17H29N3O/c1-4-21-16-6-9-20(10-7-16)17-11-15(5-8-19-17)13-18-12-14(2)3/h5,8,11,14,16,18H,4,6-7,9-10,12-13H2,1-3H3. The minimum absolute atomic E-state index is 0.433. The van der Waals surface area contributed by atoms with Gasteiger partial charge in [0, 0.05) is 32.4 Å². The van der Waals surface area contributed by atoms with Crippen molar-refractivity contribution in [1.82, 2.24) is 10.3 Å². The zero-order valence-corrected chi connectivity index (χ0v) is 13.6. The van der Waals surface area contributed by atoms with E-state index in [-0.39, 0.29) is 0 Å². The Balaban J connectivity index is 1.86. The highest BCUT2D eigenvalue weighted by molar-refractivity contribution is 5.41. The summed E-state index contributed by atoms with van der Waals surface area (Å²) in [5, 5.41) is 3.49. The first-order valence-corrected chi connectivity index (χ1v) is 8.21. The fourth-order valence-electron chi connectivity index (χ4n) is 2.74. The van der Waals surface area contributed by atoms with Crippen molar-refractivity contribution in [3.63, 3.8) is 0 Å².